The topological polar surface area (TPSA) is 40.5 Å². The van der Waals surface area contributed by atoms with E-state index in [0.717, 1.165) is 25.9 Å². The number of aliphatic hydroxyl groups is 1. The lowest BCUT2D eigenvalue weighted by atomic mass is 9.85. The standard InChI is InChI=1S/C14H25NO2/c16-13(11-12-7-3-1-4-8-12)14(17)15-9-5-2-6-10-15/h12-13,16H,1-11H2/t13-/m0/s1. The second-order valence-corrected chi connectivity index (χ2v) is 5.64. The quantitative estimate of drug-likeness (QED) is 0.821. The maximum Gasteiger partial charge on any atom is 0.251 e. The molecule has 3 nitrogen and oxygen atoms in total. The first-order chi connectivity index (χ1) is 8.27. The van der Waals surface area contributed by atoms with Crippen LogP contribution in [-0.4, -0.2) is 35.1 Å². The Morgan fingerprint density at radius 1 is 1.06 bits per heavy atom. The van der Waals surface area contributed by atoms with Crippen LogP contribution in [0.3, 0.4) is 0 Å². The van der Waals surface area contributed by atoms with Crippen LogP contribution in [0, 0.1) is 5.92 Å². The van der Waals surface area contributed by atoms with E-state index in [4.69, 9.17) is 0 Å². The van der Waals surface area contributed by atoms with Gasteiger partial charge < -0.3 is 10.0 Å². The summed E-state index contributed by atoms with van der Waals surface area (Å²) in [5.41, 5.74) is 0. The van der Waals surface area contributed by atoms with Gasteiger partial charge in [0, 0.05) is 13.1 Å². The third-order valence-corrected chi connectivity index (χ3v) is 4.23. The minimum absolute atomic E-state index is 0.0183. The third-order valence-electron chi connectivity index (χ3n) is 4.23. The maximum absolute atomic E-state index is 12.0. The van der Waals surface area contributed by atoms with Gasteiger partial charge >= 0.3 is 0 Å². The molecule has 98 valence electrons. The molecule has 1 saturated carbocycles. The number of aliphatic hydroxyl groups excluding tert-OH is 1. The van der Waals surface area contributed by atoms with E-state index in [-0.39, 0.29) is 5.91 Å². The highest BCUT2D eigenvalue weighted by Gasteiger charge is 2.26. The van der Waals surface area contributed by atoms with Gasteiger partial charge in [0.1, 0.15) is 6.10 Å². The van der Waals surface area contributed by atoms with Crippen molar-refractivity contribution in [1.29, 1.82) is 0 Å². The first-order valence-corrected chi connectivity index (χ1v) is 7.24. The number of hydrogen-bond acceptors (Lipinski definition) is 2. The largest absolute Gasteiger partial charge is 0.383 e. The highest BCUT2D eigenvalue weighted by molar-refractivity contribution is 5.80. The zero-order valence-corrected chi connectivity index (χ0v) is 10.7. The summed E-state index contributed by atoms with van der Waals surface area (Å²) in [4.78, 5) is 13.9. The smallest absolute Gasteiger partial charge is 0.251 e. The van der Waals surface area contributed by atoms with E-state index < -0.39 is 6.10 Å². The number of carbonyl (C=O) groups excluding carboxylic acids is 1. The summed E-state index contributed by atoms with van der Waals surface area (Å²) in [6.07, 6.45) is 9.64. The molecule has 2 aliphatic rings. The number of carbonyl (C=O) groups is 1. The fourth-order valence-corrected chi connectivity index (χ4v) is 3.16. The molecule has 0 bridgehead atoms. The van der Waals surface area contributed by atoms with Crippen LogP contribution in [0.4, 0.5) is 0 Å². The summed E-state index contributed by atoms with van der Waals surface area (Å²) < 4.78 is 0. The van der Waals surface area contributed by atoms with Crippen LogP contribution in [0.25, 0.3) is 0 Å². The number of likely N-dealkylation sites (tertiary alicyclic amines) is 1. The number of rotatable bonds is 3. The molecule has 1 heterocycles. The van der Waals surface area contributed by atoms with Gasteiger partial charge in [0.15, 0.2) is 0 Å². The zero-order chi connectivity index (χ0) is 12.1. The normalized spacial score (nSPS) is 24.6. The van der Waals surface area contributed by atoms with Gasteiger partial charge in [-0.25, -0.2) is 0 Å². The predicted molar refractivity (Wildman–Crippen MR) is 67.6 cm³/mol. The van der Waals surface area contributed by atoms with Crippen LogP contribution in [0.15, 0.2) is 0 Å². The molecule has 3 heteroatoms. The van der Waals surface area contributed by atoms with Crippen molar-refractivity contribution in [3.05, 3.63) is 0 Å². The summed E-state index contributed by atoms with van der Waals surface area (Å²) in [6.45, 7) is 1.70. The lowest BCUT2D eigenvalue weighted by Crippen LogP contribution is -2.42. The van der Waals surface area contributed by atoms with Crippen LogP contribution >= 0.6 is 0 Å². The van der Waals surface area contributed by atoms with Crippen molar-refractivity contribution in [2.24, 2.45) is 5.92 Å². The van der Waals surface area contributed by atoms with E-state index in [2.05, 4.69) is 0 Å². The molecule has 1 aliphatic heterocycles. The number of piperidine rings is 1. The van der Waals surface area contributed by atoms with Crippen molar-refractivity contribution in [3.63, 3.8) is 0 Å². The van der Waals surface area contributed by atoms with Gasteiger partial charge in [-0.1, -0.05) is 32.1 Å². The summed E-state index contributed by atoms with van der Waals surface area (Å²) >= 11 is 0. The molecule has 0 spiro atoms. The van der Waals surface area contributed by atoms with Crippen LogP contribution < -0.4 is 0 Å². The molecule has 0 unspecified atom stereocenters. The Morgan fingerprint density at radius 3 is 2.29 bits per heavy atom. The van der Waals surface area contributed by atoms with Crippen LogP contribution in [0.5, 0.6) is 0 Å². The van der Waals surface area contributed by atoms with Crippen molar-refractivity contribution in [2.45, 2.75) is 63.9 Å². The molecule has 1 atom stereocenters. The molecule has 1 saturated heterocycles. The van der Waals surface area contributed by atoms with Gasteiger partial charge in [0.25, 0.3) is 5.91 Å². The lowest BCUT2D eigenvalue weighted by Gasteiger charge is -2.30. The Morgan fingerprint density at radius 2 is 1.65 bits per heavy atom. The average molecular weight is 239 g/mol. The summed E-state index contributed by atoms with van der Waals surface area (Å²) in [7, 11) is 0. The van der Waals surface area contributed by atoms with Crippen molar-refractivity contribution in [3.8, 4) is 0 Å². The highest BCUT2D eigenvalue weighted by atomic mass is 16.3. The first kappa shape index (κ1) is 12.9. The fraction of sp³-hybridized carbons (Fsp3) is 0.929. The molecule has 1 aliphatic carbocycles. The molecule has 1 N–H and O–H groups in total. The second-order valence-electron chi connectivity index (χ2n) is 5.64. The van der Waals surface area contributed by atoms with Crippen molar-refractivity contribution in [2.75, 3.05) is 13.1 Å². The SMILES string of the molecule is O=C([C@@H](O)CC1CCCCC1)N1CCCCC1. The molecular formula is C14H25NO2. The van der Waals surface area contributed by atoms with E-state index in [1.165, 1.54) is 38.5 Å². The van der Waals surface area contributed by atoms with E-state index in [0.29, 0.717) is 12.3 Å². The molecule has 0 aromatic heterocycles. The molecule has 1 amide bonds. The van der Waals surface area contributed by atoms with E-state index in [9.17, 15) is 9.90 Å². The van der Waals surface area contributed by atoms with Gasteiger partial charge in [0.2, 0.25) is 0 Å². The Balaban J connectivity index is 1.77. The fourth-order valence-electron chi connectivity index (χ4n) is 3.16. The summed E-state index contributed by atoms with van der Waals surface area (Å²) in [6, 6.07) is 0. The minimum Gasteiger partial charge on any atom is -0.383 e. The summed E-state index contributed by atoms with van der Waals surface area (Å²) in [5, 5.41) is 10.0. The van der Waals surface area contributed by atoms with Gasteiger partial charge in [-0.15, -0.1) is 0 Å². The highest BCUT2D eigenvalue weighted by Crippen LogP contribution is 2.27. The number of nitrogens with zero attached hydrogens (tertiary/aromatic N) is 1. The van der Waals surface area contributed by atoms with Crippen molar-refractivity contribution >= 4 is 5.91 Å². The predicted octanol–water partition coefficient (Wildman–Crippen LogP) is 2.33. The van der Waals surface area contributed by atoms with E-state index >= 15 is 0 Å². The van der Waals surface area contributed by atoms with Crippen molar-refractivity contribution < 1.29 is 9.90 Å². The molecule has 2 rings (SSSR count). The third kappa shape index (κ3) is 3.70. The lowest BCUT2D eigenvalue weighted by molar-refractivity contribution is -0.142. The Kier molecular flexibility index (Phi) is 4.84. The Labute approximate surface area is 104 Å². The molecule has 17 heavy (non-hydrogen) atoms. The van der Waals surface area contributed by atoms with Crippen molar-refractivity contribution in [1.82, 2.24) is 4.90 Å². The maximum atomic E-state index is 12.0. The number of hydrogen-bond donors (Lipinski definition) is 1. The molecular weight excluding hydrogens is 214 g/mol. The minimum atomic E-state index is -0.740. The monoisotopic (exact) mass is 239 g/mol. The van der Waals surface area contributed by atoms with Gasteiger partial charge in [0.05, 0.1) is 0 Å². The zero-order valence-electron chi connectivity index (χ0n) is 10.7. The van der Waals surface area contributed by atoms with E-state index in [1.54, 1.807) is 0 Å². The van der Waals surface area contributed by atoms with E-state index in [1.807, 2.05) is 4.90 Å². The Hall–Kier alpha value is -0.570. The summed E-state index contributed by atoms with van der Waals surface area (Å²) in [5.74, 6) is 0.558. The van der Waals surface area contributed by atoms with Crippen LogP contribution in [0.1, 0.15) is 57.8 Å². The average Bonchev–Trinajstić information content (AvgIpc) is 2.40. The Bertz CT molecular complexity index is 243. The molecule has 0 aromatic rings. The molecule has 0 aromatic carbocycles. The van der Waals surface area contributed by atoms with Gasteiger partial charge in [-0.2, -0.15) is 0 Å². The van der Waals surface area contributed by atoms with Gasteiger partial charge in [-0.05, 0) is 31.6 Å². The van der Waals surface area contributed by atoms with Gasteiger partial charge in [-0.3, -0.25) is 4.79 Å². The van der Waals surface area contributed by atoms with Crippen LogP contribution in [0.2, 0.25) is 0 Å². The molecule has 2 fully saturated rings. The first-order valence-electron chi connectivity index (χ1n) is 7.24. The molecule has 0 radical (unpaired) electrons. The number of amides is 1. The van der Waals surface area contributed by atoms with Crippen LogP contribution in [-0.2, 0) is 4.79 Å². The second kappa shape index (κ2) is 6.39.